The Hall–Kier alpha value is -3.41. The van der Waals surface area contributed by atoms with Gasteiger partial charge in [-0.1, -0.05) is 30.3 Å². The molecular formula is C21H19N3O3. The van der Waals surface area contributed by atoms with E-state index in [9.17, 15) is 9.90 Å². The lowest BCUT2D eigenvalue weighted by molar-refractivity contribution is 0.201. The molecule has 0 spiro atoms. The fourth-order valence-electron chi connectivity index (χ4n) is 3.20. The van der Waals surface area contributed by atoms with Gasteiger partial charge in [-0.3, -0.25) is 9.88 Å². The van der Waals surface area contributed by atoms with Crippen LogP contribution in [0.3, 0.4) is 0 Å². The predicted molar refractivity (Wildman–Crippen MR) is 102 cm³/mol. The van der Waals surface area contributed by atoms with Crippen LogP contribution in [0.1, 0.15) is 17.5 Å². The summed E-state index contributed by atoms with van der Waals surface area (Å²) in [6.07, 6.45) is 5.79. The number of aromatic nitrogens is 2. The van der Waals surface area contributed by atoms with Gasteiger partial charge in [-0.15, -0.1) is 0 Å². The minimum absolute atomic E-state index is 0.474. The molecule has 6 heteroatoms. The molecule has 1 aliphatic heterocycles. The molecule has 0 unspecified atom stereocenters. The van der Waals surface area contributed by atoms with Gasteiger partial charge in [0.1, 0.15) is 18.2 Å². The zero-order valence-corrected chi connectivity index (χ0v) is 14.7. The van der Waals surface area contributed by atoms with Gasteiger partial charge in [0.25, 0.3) is 0 Å². The largest absolute Gasteiger partial charge is 0.487 e. The van der Waals surface area contributed by atoms with Gasteiger partial charge in [-0.2, -0.15) is 0 Å². The molecular weight excluding hydrogens is 342 g/mol. The average molecular weight is 361 g/mol. The maximum Gasteiger partial charge on any atom is 0.413 e. The van der Waals surface area contributed by atoms with E-state index in [0.29, 0.717) is 24.7 Å². The smallest absolute Gasteiger partial charge is 0.413 e. The lowest BCUT2D eigenvalue weighted by Crippen LogP contribution is -2.34. The van der Waals surface area contributed by atoms with E-state index in [1.54, 1.807) is 18.6 Å². The highest BCUT2D eigenvalue weighted by molar-refractivity contribution is 5.86. The Labute approximate surface area is 157 Å². The van der Waals surface area contributed by atoms with E-state index in [4.69, 9.17) is 4.74 Å². The summed E-state index contributed by atoms with van der Waals surface area (Å²) in [5, 5.41) is 9.32. The van der Waals surface area contributed by atoms with Crippen LogP contribution in [0, 0.1) is 0 Å². The highest BCUT2D eigenvalue weighted by atomic mass is 16.5. The monoisotopic (exact) mass is 361 g/mol. The molecule has 4 rings (SSSR count). The van der Waals surface area contributed by atoms with E-state index in [-0.39, 0.29) is 0 Å². The van der Waals surface area contributed by atoms with Crippen molar-refractivity contribution in [3.05, 3.63) is 72.2 Å². The number of carboxylic acid groups (broad SMARTS) is 1. The summed E-state index contributed by atoms with van der Waals surface area (Å²) < 4.78 is 5.85. The topological polar surface area (TPSA) is 75.5 Å². The Morgan fingerprint density at radius 1 is 1.11 bits per heavy atom. The molecule has 3 aromatic rings. The molecule has 0 radical (unpaired) electrons. The van der Waals surface area contributed by atoms with E-state index in [1.807, 2.05) is 42.5 Å². The van der Waals surface area contributed by atoms with Crippen LogP contribution in [-0.4, -0.2) is 27.7 Å². The molecule has 1 N–H and O–H groups in total. The Bertz CT molecular complexity index is 960. The number of aryl methyl sites for hydroxylation is 1. The minimum Gasteiger partial charge on any atom is -0.487 e. The van der Waals surface area contributed by atoms with Gasteiger partial charge in [0.05, 0.1) is 6.20 Å². The molecule has 1 aliphatic rings. The summed E-state index contributed by atoms with van der Waals surface area (Å²) >= 11 is 0. The van der Waals surface area contributed by atoms with Crippen molar-refractivity contribution in [2.75, 3.05) is 11.4 Å². The summed E-state index contributed by atoms with van der Waals surface area (Å²) in [5.41, 5.74) is 3.82. The molecule has 1 aromatic carbocycles. The second-order valence-corrected chi connectivity index (χ2v) is 6.43. The molecule has 27 heavy (non-hydrogen) atoms. The molecule has 6 nitrogen and oxygen atoms in total. The van der Waals surface area contributed by atoms with Crippen molar-refractivity contribution in [2.24, 2.45) is 0 Å². The lowest BCUT2D eigenvalue weighted by atomic mass is 10.0. The van der Waals surface area contributed by atoms with Gasteiger partial charge in [0.2, 0.25) is 0 Å². The first-order chi connectivity index (χ1) is 13.2. The third kappa shape index (κ3) is 3.74. The SMILES string of the molecule is O=C(O)N1CCCc2cc(-c3cncc(OCc4ccccc4)c3)cnc21. The molecule has 2 aromatic heterocycles. The van der Waals surface area contributed by atoms with Crippen LogP contribution < -0.4 is 9.64 Å². The standard InChI is InChI=1S/C21H19N3O3/c25-21(26)24-8-4-7-16-9-17(12-23-20(16)24)18-10-19(13-22-11-18)27-14-15-5-2-1-3-6-15/h1-3,5-6,9-13H,4,7-8,14H2,(H,25,26). The molecule has 0 bridgehead atoms. The number of rotatable bonds is 4. The minimum atomic E-state index is -0.964. The molecule has 0 fully saturated rings. The molecule has 136 valence electrons. The number of pyridine rings is 2. The fraction of sp³-hybridized carbons (Fsp3) is 0.190. The number of carbonyl (C=O) groups is 1. The van der Waals surface area contributed by atoms with Crippen molar-refractivity contribution < 1.29 is 14.6 Å². The zero-order valence-electron chi connectivity index (χ0n) is 14.7. The van der Waals surface area contributed by atoms with E-state index in [0.717, 1.165) is 35.1 Å². The predicted octanol–water partition coefficient (Wildman–Crippen LogP) is 4.15. The van der Waals surface area contributed by atoms with Crippen molar-refractivity contribution in [3.63, 3.8) is 0 Å². The summed E-state index contributed by atoms with van der Waals surface area (Å²) in [6.45, 7) is 0.959. The Morgan fingerprint density at radius 3 is 2.74 bits per heavy atom. The maximum atomic E-state index is 11.4. The van der Waals surface area contributed by atoms with E-state index < -0.39 is 6.09 Å². The first kappa shape index (κ1) is 17.0. The van der Waals surface area contributed by atoms with Crippen molar-refractivity contribution in [3.8, 4) is 16.9 Å². The van der Waals surface area contributed by atoms with Gasteiger partial charge in [0, 0.05) is 30.1 Å². The second-order valence-electron chi connectivity index (χ2n) is 6.43. The number of ether oxygens (including phenoxy) is 1. The first-order valence-electron chi connectivity index (χ1n) is 8.82. The molecule has 0 atom stereocenters. The molecule has 1 amide bonds. The van der Waals surface area contributed by atoms with Gasteiger partial charge < -0.3 is 9.84 Å². The van der Waals surface area contributed by atoms with Gasteiger partial charge in [-0.25, -0.2) is 9.78 Å². The lowest BCUT2D eigenvalue weighted by Gasteiger charge is -2.26. The van der Waals surface area contributed by atoms with Crippen LogP contribution in [0.15, 0.2) is 61.1 Å². The number of hydrogen-bond donors (Lipinski definition) is 1. The van der Waals surface area contributed by atoms with Gasteiger partial charge in [-0.05, 0) is 36.1 Å². The quantitative estimate of drug-likeness (QED) is 0.755. The number of benzene rings is 1. The van der Waals surface area contributed by atoms with Crippen molar-refractivity contribution in [1.82, 2.24) is 9.97 Å². The highest BCUT2D eigenvalue weighted by Gasteiger charge is 2.23. The molecule has 0 saturated carbocycles. The molecule has 0 saturated heterocycles. The van der Waals surface area contributed by atoms with Crippen LogP contribution >= 0.6 is 0 Å². The van der Waals surface area contributed by atoms with Crippen molar-refractivity contribution >= 4 is 11.9 Å². The Morgan fingerprint density at radius 2 is 1.93 bits per heavy atom. The van der Waals surface area contributed by atoms with Crippen LogP contribution in [0.4, 0.5) is 10.6 Å². The van der Waals surface area contributed by atoms with Crippen LogP contribution in [0.5, 0.6) is 5.75 Å². The third-order valence-electron chi connectivity index (χ3n) is 4.55. The summed E-state index contributed by atoms with van der Waals surface area (Å²) in [5.74, 6) is 1.21. The average Bonchev–Trinajstić information content (AvgIpc) is 2.72. The molecule has 3 heterocycles. The number of hydrogen-bond acceptors (Lipinski definition) is 4. The Kier molecular flexibility index (Phi) is 4.70. The summed E-state index contributed by atoms with van der Waals surface area (Å²) in [7, 11) is 0. The summed E-state index contributed by atoms with van der Waals surface area (Å²) in [4.78, 5) is 21.3. The van der Waals surface area contributed by atoms with Crippen LogP contribution in [0.25, 0.3) is 11.1 Å². The van der Waals surface area contributed by atoms with Crippen molar-refractivity contribution in [1.29, 1.82) is 0 Å². The van der Waals surface area contributed by atoms with Crippen LogP contribution in [0.2, 0.25) is 0 Å². The second kappa shape index (κ2) is 7.45. The zero-order chi connectivity index (χ0) is 18.6. The van der Waals surface area contributed by atoms with Crippen molar-refractivity contribution in [2.45, 2.75) is 19.4 Å². The van der Waals surface area contributed by atoms with Gasteiger partial charge >= 0.3 is 6.09 Å². The number of fused-ring (bicyclic) bond motifs is 1. The normalized spacial score (nSPS) is 13.1. The maximum absolute atomic E-state index is 11.4. The highest BCUT2D eigenvalue weighted by Crippen LogP contribution is 2.30. The Balaban J connectivity index is 1.56. The number of nitrogens with zero attached hydrogens (tertiary/aromatic N) is 3. The first-order valence-corrected chi connectivity index (χ1v) is 8.82. The third-order valence-corrected chi connectivity index (χ3v) is 4.55. The summed E-state index contributed by atoms with van der Waals surface area (Å²) in [6, 6.07) is 13.9. The molecule has 0 aliphatic carbocycles. The number of amides is 1. The van der Waals surface area contributed by atoms with E-state index in [2.05, 4.69) is 9.97 Å². The fourth-order valence-corrected chi connectivity index (χ4v) is 3.20. The van der Waals surface area contributed by atoms with E-state index in [1.165, 1.54) is 4.90 Å². The van der Waals surface area contributed by atoms with Crippen LogP contribution in [-0.2, 0) is 13.0 Å². The van der Waals surface area contributed by atoms with E-state index >= 15 is 0 Å². The van der Waals surface area contributed by atoms with Gasteiger partial charge in [0.15, 0.2) is 0 Å². The number of anilines is 1.